The molecule has 0 spiro atoms. The number of anilines is 1. The third kappa shape index (κ3) is 3.47. The van der Waals surface area contributed by atoms with Crippen LogP contribution in [0.15, 0.2) is 23.1 Å². The third-order valence-corrected chi connectivity index (χ3v) is 6.41. The molecule has 7 nitrogen and oxygen atoms in total. The molecule has 0 bridgehead atoms. The number of sulfonamides is 1. The zero-order valence-corrected chi connectivity index (χ0v) is 13.4. The Kier molecular flexibility index (Phi) is 4.45. The molecule has 1 aliphatic carbocycles. The molecule has 1 aromatic rings. The maximum absolute atomic E-state index is 12.4. The van der Waals surface area contributed by atoms with E-state index < -0.39 is 20.6 Å². The van der Waals surface area contributed by atoms with Gasteiger partial charge in [0, 0.05) is 30.1 Å². The van der Waals surface area contributed by atoms with Gasteiger partial charge >= 0.3 is 0 Å². The Bertz CT molecular complexity index is 656. The fourth-order valence-electron chi connectivity index (χ4n) is 1.93. The maximum Gasteiger partial charge on any atom is 0.289 e. The van der Waals surface area contributed by atoms with Crippen LogP contribution in [0.4, 0.5) is 11.4 Å². The van der Waals surface area contributed by atoms with E-state index in [9.17, 15) is 18.5 Å². The van der Waals surface area contributed by atoms with Crippen LogP contribution in [0.25, 0.3) is 0 Å². The molecular formula is C12H17N3O4S2. The summed E-state index contributed by atoms with van der Waals surface area (Å²) in [5.41, 5.74) is 0.0856. The highest BCUT2D eigenvalue weighted by atomic mass is 32.2. The lowest BCUT2D eigenvalue weighted by molar-refractivity contribution is -0.387. The van der Waals surface area contributed by atoms with E-state index in [1.807, 2.05) is 6.26 Å². The van der Waals surface area contributed by atoms with Gasteiger partial charge in [-0.3, -0.25) is 10.1 Å². The molecule has 2 rings (SSSR count). The van der Waals surface area contributed by atoms with Crippen LogP contribution in [-0.4, -0.2) is 37.9 Å². The Labute approximate surface area is 127 Å². The van der Waals surface area contributed by atoms with E-state index in [4.69, 9.17) is 0 Å². The number of nitro benzene ring substituents is 1. The zero-order valence-electron chi connectivity index (χ0n) is 11.8. The molecule has 0 atom stereocenters. The summed E-state index contributed by atoms with van der Waals surface area (Å²) in [6, 6.07) is 3.95. The first kappa shape index (κ1) is 16.1. The normalized spacial score (nSPS) is 16.5. The molecule has 9 heteroatoms. The van der Waals surface area contributed by atoms with Crippen LogP contribution in [0.1, 0.15) is 12.8 Å². The highest BCUT2D eigenvalue weighted by Gasteiger charge is 2.43. The van der Waals surface area contributed by atoms with Crippen molar-refractivity contribution in [2.75, 3.05) is 25.2 Å². The van der Waals surface area contributed by atoms with Gasteiger partial charge in [-0.1, -0.05) is 0 Å². The Morgan fingerprint density at radius 2 is 2.10 bits per heavy atom. The van der Waals surface area contributed by atoms with E-state index in [0.29, 0.717) is 5.69 Å². The van der Waals surface area contributed by atoms with Crippen LogP contribution < -0.4 is 10.0 Å². The first-order chi connectivity index (χ1) is 9.83. The first-order valence-electron chi connectivity index (χ1n) is 6.34. The van der Waals surface area contributed by atoms with Crippen LogP contribution in [-0.2, 0) is 10.0 Å². The molecule has 116 valence electrons. The fourth-order valence-corrected chi connectivity index (χ4v) is 4.07. The lowest BCUT2D eigenvalue weighted by Crippen LogP contribution is -2.32. The van der Waals surface area contributed by atoms with Crippen LogP contribution in [0.2, 0.25) is 0 Å². The van der Waals surface area contributed by atoms with Gasteiger partial charge in [0.2, 0.25) is 10.0 Å². The smallest absolute Gasteiger partial charge is 0.289 e. The van der Waals surface area contributed by atoms with Crippen molar-refractivity contribution in [1.82, 2.24) is 4.72 Å². The van der Waals surface area contributed by atoms with Crippen LogP contribution in [0.5, 0.6) is 0 Å². The average molecular weight is 331 g/mol. The molecule has 1 aromatic carbocycles. The predicted molar refractivity (Wildman–Crippen MR) is 83.3 cm³/mol. The standard InChI is InChI=1S/C12H17N3O4S2/c1-13-9-3-4-10(15(16)17)11(7-9)21(18,19)14-8-12(20-2)5-6-12/h3-4,7,13-14H,5-6,8H2,1-2H3. The number of benzene rings is 1. The number of rotatable bonds is 7. The second-order valence-corrected chi connectivity index (χ2v) is 7.91. The minimum absolute atomic E-state index is 0.0531. The van der Waals surface area contributed by atoms with E-state index >= 15 is 0 Å². The molecule has 0 unspecified atom stereocenters. The fraction of sp³-hybridized carbons (Fsp3) is 0.500. The molecule has 0 aromatic heterocycles. The highest BCUT2D eigenvalue weighted by Crippen LogP contribution is 2.46. The SMILES string of the molecule is CNc1ccc([N+](=O)[O-])c(S(=O)(=O)NCC2(SC)CC2)c1. The van der Waals surface area contributed by atoms with Gasteiger partial charge in [0.1, 0.15) is 0 Å². The van der Waals surface area contributed by atoms with Crippen molar-refractivity contribution in [1.29, 1.82) is 0 Å². The topological polar surface area (TPSA) is 101 Å². The molecule has 1 saturated carbocycles. The van der Waals surface area contributed by atoms with Gasteiger partial charge in [-0.05, 0) is 31.2 Å². The van der Waals surface area contributed by atoms with Gasteiger partial charge in [0.25, 0.3) is 5.69 Å². The molecular weight excluding hydrogens is 314 g/mol. The molecule has 21 heavy (non-hydrogen) atoms. The number of hydrogen-bond acceptors (Lipinski definition) is 6. The Hall–Kier alpha value is -1.32. The van der Waals surface area contributed by atoms with Gasteiger partial charge in [-0.25, -0.2) is 13.1 Å². The number of nitrogens with one attached hydrogen (secondary N) is 2. The molecule has 0 saturated heterocycles. The van der Waals surface area contributed by atoms with Crippen molar-refractivity contribution in [3.8, 4) is 0 Å². The van der Waals surface area contributed by atoms with Crippen LogP contribution in [0.3, 0.4) is 0 Å². The molecule has 2 N–H and O–H groups in total. The largest absolute Gasteiger partial charge is 0.388 e. The second-order valence-electron chi connectivity index (χ2n) is 4.90. The van der Waals surface area contributed by atoms with Crippen molar-refractivity contribution >= 4 is 33.2 Å². The van der Waals surface area contributed by atoms with Crippen molar-refractivity contribution in [3.63, 3.8) is 0 Å². The molecule has 0 amide bonds. The van der Waals surface area contributed by atoms with E-state index in [1.165, 1.54) is 18.2 Å². The predicted octanol–water partition coefficient (Wildman–Crippen LogP) is 1.81. The van der Waals surface area contributed by atoms with E-state index in [1.54, 1.807) is 18.8 Å². The Morgan fingerprint density at radius 3 is 2.57 bits per heavy atom. The quantitative estimate of drug-likeness (QED) is 0.584. The highest BCUT2D eigenvalue weighted by molar-refractivity contribution is 8.00. The maximum atomic E-state index is 12.4. The Balaban J connectivity index is 2.31. The average Bonchev–Trinajstić information content (AvgIpc) is 3.25. The summed E-state index contributed by atoms with van der Waals surface area (Å²) in [5, 5.41) is 13.8. The zero-order chi connectivity index (χ0) is 15.7. The summed E-state index contributed by atoms with van der Waals surface area (Å²) in [4.78, 5) is 10.0. The summed E-state index contributed by atoms with van der Waals surface area (Å²) in [6.45, 7) is 0.289. The lowest BCUT2D eigenvalue weighted by Gasteiger charge is -2.14. The van der Waals surface area contributed by atoms with Crippen molar-refractivity contribution in [3.05, 3.63) is 28.3 Å². The molecule has 0 heterocycles. The number of thioether (sulfide) groups is 1. The molecule has 1 fully saturated rings. The number of nitrogens with zero attached hydrogens (tertiary/aromatic N) is 1. The van der Waals surface area contributed by atoms with Gasteiger partial charge in [-0.15, -0.1) is 0 Å². The number of hydrogen-bond donors (Lipinski definition) is 2. The monoisotopic (exact) mass is 331 g/mol. The molecule has 0 aliphatic heterocycles. The summed E-state index contributed by atoms with van der Waals surface area (Å²) < 4.78 is 27.2. The van der Waals surface area contributed by atoms with Crippen molar-refractivity contribution in [2.45, 2.75) is 22.5 Å². The molecule has 0 radical (unpaired) electrons. The van der Waals surface area contributed by atoms with Gasteiger partial charge < -0.3 is 5.32 Å². The Morgan fingerprint density at radius 1 is 1.43 bits per heavy atom. The van der Waals surface area contributed by atoms with Gasteiger partial charge in [0.05, 0.1) is 4.92 Å². The summed E-state index contributed by atoms with van der Waals surface area (Å²) in [5.74, 6) is 0. The minimum atomic E-state index is -3.92. The first-order valence-corrected chi connectivity index (χ1v) is 9.05. The summed E-state index contributed by atoms with van der Waals surface area (Å²) in [6.07, 6.45) is 3.84. The van der Waals surface area contributed by atoms with Crippen molar-refractivity contribution < 1.29 is 13.3 Å². The third-order valence-electron chi connectivity index (χ3n) is 3.56. The number of nitro groups is 1. The van der Waals surface area contributed by atoms with Crippen molar-refractivity contribution in [2.24, 2.45) is 0 Å². The van der Waals surface area contributed by atoms with Crippen LogP contribution in [0, 0.1) is 10.1 Å². The van der Waals surface area contributed by atoms with E-state index in [0.717, 1.165) is 12.8 Å². The van der Waals surface area contributed by atoms with E-state index in [-0.39, 0.29) is 16.2 Å². The summed E-state index contributed by atoms with van der Waals surface area (Å²) >= 11 is 1.62. The van der Waals surface area contributed by atoms with E-state index in [2.05, 4.69) is 10.0 Å². The van der Waals surface area contributed by atoms with Gasteiger partial charge in [-0.2, -0.15) is 11.8 Å². The van der Waals surface area contributed by atoms with Gasteiger partial charge in [0.15, 0.2) is 4.90 Å². The van der Waals surface area contributed by atoms with Crippen LogP contribution >= 0.6 is 11.8 Å². The minimum Gasteiger partial charge on any atom is -0.388 e. The lowest BCUT2D eigenvalue weighted by atomic mass is 10.3. The molecule has 1 aliphatic rings. The summed E-state index contributed by atoms with van der Waals surface area (Å²) in [7, 11) is -2.29. The second kappa shape index (κ2) is 5.82.